The van der Waals surface area contributed by atoms with E-state index in [9.17, 15) is 9.18 Å². The quantitative estimate of drug-likeness (QED) is 0.585. The zero-order valence-electron chi connectivity index (χ0n) is 15.5. The molecule has 1 amide bonds. The summed E-state index contributed by atoms with van der Waals surface area (Å²) in [6.45, 7) is 0.316. The molecule has 148 valence electrons. The van der Waals surface area contributed by atoms with Gasteiger partial charge in [0.25, 0.3) is 5.91 Å². The second-order valence-electron chi connectivity index (χ2n) is 7.67. The van der Waals surface area contributed by atoms with Gasteiger partial charge in [-0.05, 0) is 61.1 Å². The summed E-state index contributed by atoms with van der Waals surface area (Å²) < 4.78 is 14.9. The summed E-state index contributed by atoms with van der Waals surface area (Å²) >= 11 is 12.5. The minimum Gasteiger partial charge on any atom is -0.347 e. The van der Waals surface area contributed by atoms with Crippen molar-refractivity contribution in [2.75, 3.05) is 0 Å². The Labute approximate surface area is 177 Å². The molecule has 2 unspecified atom stereocenters. The van der Waals surface area contributed by atoms with Crippen LogP contribution in [-0.4, -0.2) is 15.7 Å². The summed E-state index contributed by atoms with van der Waals surface area (Å²) in [7, 11) is 0. The number of halogens is 3. The third-order valence-corrected chi connectivity index (χ3v) is 6.44. The van der Waals surface area contributed by atoms with E-state index in [0.717, 1.165) is 41.8 Å². The van der Waals surface area contributed by atoms with Gasteiger partial charge in [-0.1, -0.05) is 35.3 Å². The maximum atomic E-state index is 13.1. The standard InChI is InChI=1S/C22H18Cl2FN3O/c23-15-5-8-18(17(24)10-15)28-21-14-4-3-13(9-14)19(21)20(27-28)22(29)26-11-12-1-6-16(25)7-2-12/h1-2,5-8,10,13-14H,3-4,9,11H2,(H,26,29). The molecule has 2 aliphatic carbocycles. The number of carbonyl (C=O) groups excluding carboxylic acids is 1. The van der Waals surface area contributed by atoms with Gasteiger partial charge in [0.15, 0.2) is 5.69 Å². The van der Waals surface area contributed by atoms with Gasteiger partial charge < -0.3 is 5.32 Å². The van der Waals surface area contributed by atoms with Gasteiger partial charge in [-0.2, -0.15) is 5.10 Å². The third-order valence-electron chi connectivity index (χ3n) is 5.91. The van der Waals surface area contributed by atoms with Crippen LogP contribution in [0.25, 0.3) is 5.69 Å². The third kappa shape index (κ3) is 3.22. The number of fused-ring (bicyclic) bond motifs is 5. The molecule has 5 rings (SSSR count). The lowest BCUT2D eigenvalue weighted by atomic mass is 9.95. The van der Waals surface area contributed by atoms with E-state index in [1.807, 2.05) is 10.7 Å². The van der Waals surface area contributed by atoms with Gasteiger partial charge >= 0.3 is 0 Å². The van der Waals surface area contributed by atoms with Crippen LogP contribution < -0.4 is 5.32 Å². The first kappa shape index (κ1) is 18.6. The van der Waals surface area contributed by atoms with Crippen molar-refractivity contribution in [3.8, 4) is 5.69 Å². The van der Waals surface area contributed by atoms with Gasteiger partial charge in [-0.15, -0.1) is 0 Å². The minimum absolute atomic E-state index is 0.220. The molecule has 2 bridgehead atoms. The van der Waals surface area contributed by atoms with Crippen LogP contribution in [0.5, 0.6) is 0 Å². The van der Waals surface area contributed by atoms with Crippen LogP contribution in [0.3, 0.4) is 0 Å². The van der Waals surface area contributed by atoms with Gasteiger partial charge in [0.1, 0.15) is 5.82 Å². The van der Waals surface area contributed by atoms with Gasteiger partial charge in [0.05, 0.1) is 16.4 Å². The molecular weight excluding hydrogens is 412 g/mol. The van der Waals surface area contributed by atoms with Gasteiger partial charge in [-0.3, -0.25) is 4.79 Å². The number of nitrogens with zero attached hydrogens (tertiary/aromatic N) is 2. The van der Waals surface area contributed by atoms with E-state index >= 15 is 0 Å². The van der Waals surface area contributed by atoms with E-state index in [-0.39, 0.29) is 11.7 Å². The molecule has 1 fully saturated rings. The summed E-state index contributed by atoms with van der Waals surface area (Å²) in [5.41, 5.74) is 4.16. The molecule has 2 aliphatic rings. The molecule has 7 heteroatoms. The number of rotatable bonds is 4. The molecule has 2 atom stereocenters. The van der Waals surface area contributed by atoms with Gasteiger partial charge in [-0.25, -0.2) is 9.07 Å². The van der Waals surface area contributed by atoms with Crippen molar-refractivity contribution in [1.29, 1.82) is 0 Å². The van der Waals surface area contributed by atoms with E-state index in [1.54, 1.807) is 24.3 Å². The van der Waals surface area contributed by atoms with Crippen LogP contribution in [0.1, 0.15) is 58.4 Å². The molecule has 3 aromatic rings. The predicted octanol–water partition coefficient (Wildman–Crippen LogP) is 5.61. The van der Waals surface area contributed by atoms with Crippen LogP contribution >= 0.6 is 23.2 Å². The number of hydrogen-bond acceptors (Lipinski definition) is 2. The average molecular weight is 430 g/mol. The largest absolute Gasteiger partial charge is 0.347 e. The van der Waals surface area contributed by atoms with Gasteiger partial charge in [0, 0.05) is 23.0 Å². The normalized spacial score (nSPS) is 19.4. The number of nitrogens with one attached hydrogen (secondary N) is 1. The zero-order chi connectivity index (χ0) is 20.1. The first-order chi connectivity index (χ1) is 14.0. The summed E-state index contributed by atoms with van der Waals surface area (Å²) in [6, 6.07) is 11.4. The fraction of sp³-hybridized carbons (Fsp3) is 0.273. The van der Waals surface area contributed by atoms with Crippen LogP contribution in [-0.2, 0) is 6.54 Å². The second kappa shape index (κ2) is 7.15. The molecule has 0 radical (unpaired) electrons. The number of aromatic nitrogens is 2. The number of hydrogen-bond donors (Lipinski definition) is 1. The highest BCUT2D eigenvalue weighted by Gasteiger charge is 2.44. The number of amides is 1. The van der Waals surface area contributed by atoms with E-state index in [2.05, 4.69) is 10.4 Å². The molecule has 0 saturated heterocycles. The van der Waals surface area contributed by atoms with Crippen molar-refractivity contribution < 1.29 is 9.18 Å². The van der Waals surface area contributed by atoms with Crippen molar-refractivity contribution in [2.24, 2.45) is 0 Å². The Morgan fingerprint density at radius 2 is 1.90 bits per heavy atom. The second-order valence-corrected chi connectivity index (χ2v) is 8.51. The lowest BCUT2D eigenvalue weighted by Gasteiger charge is -2.14. The zero-order valence-corrected chi connectivity index (χ0v) is 17.0. The van der Waals surface area contributed by atoms with Crippen LogP contribution in [0.4, 0.5) is 4.39 Å². The van der Waals surface area contributed by atoms with Crippen molar-refractivity contribution in [1.82, 2.24) is 15.1 Å². The van der Waals surface area contributed by atoms with Gasteiger partial charge in [0.2, 0.25) is 0 Å². The van der Waals surface area contributed by atoms with E-state index in [4.69, 9.17) is 23.2 Å². The first-order valence-electron chi connectivity index (χ1n) is 9.62. The monoisotopic (exact) mass is 429 g/mol. The summed E-state index contributed by atoms with van der Waals surface area (Å²) in [5, 5.41) is 8.66. The minimum atomic E-state index is -0.299. The fourth-order valence-corrected chi connectivity index (χ4v) is 5.09. The molecule has 1 saturated carbocycles. The Morgan fingerprint density at radius 3 is 2.66 bits per heavy atom. The van der Waals surface area contributed by atoms with Crippen LogP contribution in [0.2, 0.25) is 10.0 Å². The maximum Gasteiger partial charge on any atom is 0.272 e. The Kier molecular flexibility index (Phi) is 4.60. The van der Waals surface area contributed by atoms with Crippen LogP contribution in [0.15, 0.2) is 42.5 Å². The number of carbonyl (C=O) groups is 1. The Hall–Kier alpha value is -2.37. The van der Waals surface area contributed by atoms with Crippen LogP contribution in [0, 0.1) is 5.82 Å². The fourth-order valence-electron chi connectivity index (χ4n) is 4.60. The number of benzene rings is 2. The van der Waals surface area contributed by atoms with E-state index in [0.29, 0.717) is 34.1 Å². The highest BCUT2D eigenvalue weighted by molar-refractivity contribution is 6.35. The Balaban J connectivity index is 1.50. The maximum absolute atomic E-state index is 13.1. The molecule has 0 aliphatic heterocycles. The smallest absolute Gasteiger partial charge is 0.272 e. The summed E-state index contributed by atoms with van der Waals surface area (Å²) in [6.07, 6.45) is 3.23. The van der Waals surface area contributed by atoms with Crippen molar-refractivity contribution in [3.05, 3.63) is 80.8 Å². The van der Waals surface area contributed by atoms with Crippen molar-refractivity contribution >= 4 is 29.1 Å². The molecule has 2 aromatic carbocycles. The molecule has 4 nitrogen and oxygen atoms in total. The molecule has 1 aromatic heterocycles. The Bertz CT molecular complexity index is 1110. The molecular formula is C22H18Cl2FN3O. The molecule has 1 heterocycles. The summed E-state index contributed by atoms with van der Waals surface area (Å²) in [4.78, 5) is 13.0. The highest BCUT2D eigenvalue weighted by atomic mass is 35.5. The predicted molar refractivity (Wildman–Crippen MR) is 110 cm³/mol. The highest BCUT2D eigenvalue weighted by Crippen LogP contribution is 2.54. The SMILES string of the molecule is O=C(NCc1ccc(F)cc1)c1nn(-c2ccc(Cl)cc2Cl)c2c1C1CCC2C1. The van der Waals surface area contributed by atoms with Crippen molar-refractivity contribution in [2.45, 2.75) is 37.6 Å². The topological polar surface area (TPSA) is 46.9 Å². The lowest BCUT2D eigenvalue weighted by Crippen LogP contribution is -2.24. The Morgan fingerprint density at radius 1 is 1.14 bits per heavy atom. The van der Waals surface area contributed by atoms with E-state index in [1.165, 1.54) is 12.1 Å². The summed E-state index contributed by atoms with van der Waals surface area (Å²) in [5.74, 6) is 0.240. The first-order valence-corrected chi connectivity index (χ1v) is 10.4. The van der Waals surface area contributed by atoms with E-state index < -0.39 is 0 Å². The average Bonchev–Trinajstić information content (AvgIpc) is 3.40. The molecule has 0 spiro atoms. The molecule has 1 N–H and O–H groups in total. The molecule has 29 heavy (non-hydrogen) atoms. The van der Waals surface area contributed by atoms with Crippen molar-refractivity contribution in [3.63, 3.8) is 0 Å². The lowest BCUT2D eigenvalue weighted by molar-refractivity contribution is 0.0944.